The summed E-state index contributed by atoms with van der Waals surface area (Å²) < 4.78 is 27.7. The number of aryl methyl sites for hydroxylation is 1. The molecule has 0 aromatic carbocycles. The SMILES string of the molecule is CCc1sc(NC(=O)c2cccn2Cc2ccncc2)nc1CN1CCN(S(=O)(=O)CC)CC1. The van der Waals surface area contributed by atoms with E-state index in [1.54, 1.807) is 29.7 Å². The highest BCUT2D eigenvalue weighted by molar-refractivity contribution is 7.89. The summed E-state index contributed by atoms with van der Waals surface area (Å²) in [6.07, 6.45) is 6.19. The third-order valence-corrected chi connectivity index (χ3v) is 8.99. The molecule has 0 spiro atoms. The fourth-order valence-electron chi connectivity index (χ4n) is 4.00. The summed E-state index contributed by atoms with van der Waals surface area (Å²) in [5.41, 5.74) is 2.58. The molecule has 0 aliphatic carbocycles. The molecular formula is C23H30N6O3S2. The van der Waals surface area contributed by atoms with Gasteiger partial charge in [0.2, 0.25) is 10.0 Å². The first-order valence-corrected chi connectivity index (χ1v) is 13.9. The van der Waals surface area contributed by atoms with Crippen molar-refractivity contribution in [3.8, 4) is 0 Å². The van der Waals surface area contributed by atoms with Gasteiger partial charge in [-0.2, -0.15) is 4.31 Å². The molecule has 4 rings (SSSR count). The topological polar surface area (TPSA) is 100 Å². The normalized spacial score (nSPS) is 15.5. The summed E-state index contributed by atoms with van der Waals surface area (Å²) >= 11 is 1.50. The Balaban J connectivity index is 1.40. The molecule has 4 heterocycles. The van der Waals surface area contributed by atoms with Gasteiger partial charge in [-0.1, -0.05) is 6.92 Å². The van der Waals surface area contributed by atoms with Gasteiger partial charge in [0, 0.05) is 62.7 Å². The predicted molar refractivity (Wildman–Crippen MR) is 134 cm³/mol. The fourth-order valence-corrected chi connectivity index (χ4v) is 5.99. The molecule has 3 aromatic heterocycles. The van der Waals surface area contributed by atoms with Gasteiger partial charge in [0.05, 0.1) is 11.4 Å². The van der Waals surface area contributed by atoms with Crippen LogP contribution in [0.25, 0.3) is 0 Å². The number of carbonyl (C=O) groups is 1. The van der Waals surface area contributed by atoms with E-state index in [0.717, 1.165) is 22.6 Å². The van der Waals surface area contributed by atoms with E-state index < -0.39 is 10.0 Å². The number of nitrogens with zero attached hydrogens (tertiary/aromatic N) is 5. The van der Waals surface area contributed by atoms with Gasteiger partial charge < -0.3 is 4.57 Å². The first kappa shape index (κ1) is 24.5. The third kappa shape index (κ3) is 5.72. The van der Waals surface area contributed by atoms with Gasteiger partial charge in [-0.05, 0) is 43.2 Å². The zero-order valence-corrected chi connectivity index (χ0v) is 21.1. The maximum Gasteiger partial charge on any atom is 0.274 e. The number of thiazole rings is 1. The minimum absolute atomic E-state index is 0.133. The van der Waals surface area contributed by atoms with Crippen molar-refractivity contribution in [1.29, 1.82) is 0 Å². The van der Waals surface area contributed by atoms with Crippen LogP contribution < -0.4 is 5.32 Å². The molecule has 0 unspecified atom stereocenters. The number of anilines is 1. The number of carbonyl (C=O) groups excluding carboxylic acids is 1. The van der Waals surface area contributed by atoms with Crippen LogP contribution in [0.4, 0.5) is 5.13 Å². The van der Waals surface area contributed by atoms with Gasteiger partial charge in [0.25, 0.3) is 5.91 Å². The van der Waals surface area contributed by atoms with Crippen molar-refractivity contribution in [2.75, 3.05) is 37.2 Å². The van der Waals surface area contributed by atoms with Crippen LogP contribution in [0.3, 0.4) is 0 Å². The average molecular weight is 503 g/mol. The predicted octanol–water partition coefficient (Wildman–Crippen LogP) is 2.67. The van der Waals surface area contributed by atoms with Gasteiger partial charge in [0.15, 0.2) is 5.13 Å². The van der Waals surface area contributed by atoms with Crippen molar-refractivity contribution >= 4 is 32.4 Å². The Kier molecular flexibility index (Phi) is 7.77. The largest absolute Gasteiger partial charge is 0.339 e. The number of piperazine rings is 1. The molecule has 1 N–H and O–H groups in total. The van der Waals surface area contributed by atoms with Crippen molar-refractivity contribution in [3.63, 3.8) is 0 Å². The molecule has 182 valence electrons. The van der Waals surface area contributed by atoms with Crippen LogP contribution in [-0.2, 0) is 29.5 Å². The lowest BCUT2D eigenvalue weighted by Crippen LogP contribution is -2.48. The minimum Gasteiger partial charge on any atom is -0.339 e. The quantitative estimate of drug-likeness (QED) is 0.483. The van der Waals surface area contributed by atoms with Crippen LogP contribution in [-0.4, -0.2) is 70.0 Å². The summed E-state index contributed by atoms with van der Waals surface area (Å²) in [6, 6.07) is 7.52. The van der Waals surface area contributed by atoms with E-state index in [-0.39, 0.29) is 11.7 Å². The zero-order valence-electron chi connectivity index (χ0n) is 19.5. The number of pyridine rings is 1. The molecule has 1 amide bonds. The van der Waals surface area contributed by atoms with Crippen LogP contribution in [0.1, 0.15) is 40.5 Å². The van der Waals surface area contributed by atoms with Crippen molar-refractivity contribution in [2.24, 2.45) is 0 Å². The second kappa shape index (κ2) is 10.8. The molecule has 11 heteroatoms. The van der Waals surface area contributed by atoms with E-state index in [9.17, 15) is 13.2 Å². The lowest BCUT2D eigenvalue weighted by atomic mass is 10.2. The maximum absolute atomic E-state index is 13.0. The standard InChI is InChI=1S/C23H30N6O3S2/c1-3-21-19(17-27-12-14-29(15-13-27)34(31,32)4-2)25-23(33-21)26-22(30)20-6-5-11-28(20)16-18-7-9-24-10-8-18/h5-11H,3-4,12-17H2,1-2H3,(H,25,26,30). The van der Waals surface area contributed by atoms with Gasteiger partial charge in [-0.25, -0.2) is 13.4 Å². The Morgan fingerprint density at radius 2 is 1.82 bits per heavy atom. The van der Waals surface area contributed by atoms with Crippen molar-refractivity contribution in [1.82, 2.24) is 23.7 Å². The molecule has 0 saturated carbocycles. The molecule has 0 radical (unpaired) electrons. The minimum atomic E-state index is -3.14. The highest BCUT2D eigenvalue weighted by Crippen LogP contribution is 2.26. The first-order valence-electron chi connectivity index (χ1n) is 11.4. The van der Waals surface area contributed by atoms with Crippen LogP contribution >= 0.6 is 11.3 Å². The van der Waals surface area contributed by atoms with Gasteiger partial charge >= 0.3 is 0 Å². The average Bonchev–Trinajstić information content (AvgIpc) is 3.46. The second-order valence-corrected chi connectivity index (χ2v) is 11.5. The lowest BCUT2D eigenvalue weighted by Gasteiger charge is -2.33. The molecule has 1 aliphatic rings. The summed E-state index contributed by atoms with van der Waals surface area (Å²) in [5.74, 6) is -0.0611. The van der Waals surface area contributed by atoms with E-state index in [1.807, 2.05) is 29.0 Å². The Morgan fingerprint density at radius 3 is 2.50 bits per heavy atom. The number of rotatable bonds is 9. The lowest BCUT2D eigenvalue weighted by molar-refractivity contribution is 0.101. The van der Waals surface area contributed by atoms with E-state index >= 15 is 0 Å². The molecule has 1 fully saturated rings. The van der Waals surface area contributed by atoms with E-state index in [0.29, 0.717) is 50.1 Å². The Hall–Kier alpha value is -2.60. The maximum atomic E-state index is 13.0. The molecule has 0 atom stereocenters. The van der Waals surface area contributed by atoms with E-state index in [4.69, 9.17) is 4.98 Å². The van der Waals surface area contributed by atoms with Crippen molar-refractivity contribution in [2.45, 2.75) is 33.4 Å². The number of nitrogens with one attached hydrogen (secondary N) is 1. The number of aromatic nitrogens is 3. The molecule has 34 heavy (non-hydrogen) atoms. The Bertz CT molecular complexity index is 1210. The number of sulfonamides is 1. The molecule has 0 bridgehead atoms. The summed E-state index contributed by atoms with van der Waals surface area (Å²) in [6.45, 7) is 7.33. The summed E-state index contributed by atoms with van der Waals surface area (Å²) in [4.78, 5) is 25.1. The number of amides is 1. The molecule has 1 aliphatic heterocycles. The van der Waals surface area contributed by atoms with Crippen LogP contribution in [0.5, 0.6) is 0 Å². The van der Waals surface area contributed by atoms with Gasteiger partial charge in [0.1, 0.15) is 5.69 Å². The highest BCUT2D eigenvalue weighted by atomic mass is 32.2. The number of hydrogen-bond donors (Lipinski definition) is 1. The summed E-state index contributed by atoms with van der Waals surface area (Å²) in [5, 5.41) is 3.55. The molecular weight excluding hydrogens is 472 g/mol. The third-order valence-electron chi connectivity index (χ3n) is 5.95. The van der Waals surface area contributed by atoms with E-state index in [2.05, 4.69) is 22.1 Å². The first-order chi connectivity index (χ1) is 16.4. The molecule has 1 saturated heterocycles. The van der Waals surface area contributed by atoms with Crippen LogP contribution in [0, 0.1) is 0 Å². The summed E-state index contributed by atoms with van der Waals surface area (Å²) in [7, 11) is -3.14. The van der Waals surface area contributed by atoms with Crippen molar-refractivity contribution in [3.05, 3.63) is 64.7 Å². The smallest absolute Gasteiger partial charge is 0.274 e. The van der Waals surface area contributed by atoms with Gasteiger partial charge in [-0.15, -0.1) is 11.3 Å². The fraction of sp³-hybridized carbons (Fsp3) is 0.435. The monoisotopic (exact) mass is 502 g/mol. The van der Waals surface area contributed by atoms with Crippen LogP contribution in [0.2, 0.25) is 0 Å². The molecule has 3 aromatic rings. The highest BCUT2D eigenvalue weighted by Gasteiger charge is 2.26. The Morgan fingerprint density at radius 1 is 1.09 bits per heavy atom. The van der Waals surface area contributed by atoms with Crippen molar-refractivity contribution < 1.29 is 13.2 Å². The molecule has 9 nitrogen and oxygen atoms in total. The number of hydrogen-bond acceptors (Lipinski definition) is 7. The van der Waals surface area contributed by atoms with Gasteiger partial charge in [-0.3, -0.25) is 20.0 Å². The van der Waals surface area contributed by atoms with E-state index in [1.165, 1.54) is 11.3 Å². The van der Waals surface area contributed by atoms with Crippen LogP contribution in [0.15, 0.2) is 42.9 Å². The second-order valence-electron chi connectivity index (χ2n) is 8.15. The Labute approximate surface area is 204 Å². The zero-order chi connectivity index (χ0) is 24.1.